The molecule has 4 nitrogen and oxygen atoms in total. The van der Waals surface area contributed by atoms with Crippen LogP contribution >= 0.6 is 11.3 Å². The van der Waals surface area contributed by atoms with Crippen LogP contribution in [0, 0.1) is 0 Å². The van der Waals surface area contributed by atoms with Crippen LogP contribution in [-0.4, -0.2) is 22.7 Å². The zero-order chi connectivity index (χ0) is 19.1. The highest BCUT2D eigenvalue weighted by Crippen LogP contribution is 2.26. The lowest BCUT2D eigenvalue weighted by Crippen LogP contribution is -2.11. The number of nitrogens with zero attached hydrogens (tertiary/aromatic N) is 2. The van der Waals surface area contributed by atoms with Crippen molar-refractivity contribution in [1.29, 1.82) is 0 Å². The van der Waals surface area contributed by atoms with E-state index in [1.807, 2.05) is 31.5 Å². The fourth-order valence-electron chi connectivity index (χ4n) is 2.79. The minimum Gasteiger partial charge on any atom is -0.488 e. The van der Waals surface area contributed by atoms with Crippen molar-refractivity contribution in [3.8, 4) is 16.5 Å². The maximum atomic E-state index is 5.92. The lowest BCUT2D eigenvalue weighted by molar-refractivity contribution is 0.0768. The average molecular weight is 383 g/mol. The predicted octanol–water partition coefficient (Wildman–Crippen LogP) is 5.31. The van der Waals surface area contributed by atoms with Crippen LogP contribution in [0.4, 0.5) is 0 Å². The maximum Gasteiger partial charge on any atom is 0.169 e. The van der Waals surface area contributed by atoms with Crippen LogP contribution in [0.25, 0.3) is 10.7 Å². The Kier molecular flexibility index (Phi) is 6.96. The van der Waals surface area contributed by atoms with Crippen LogP contribution in [0.3, 0.4) is 0 Å². The van der Waals surface area contributed by atoms with E-state index in [0.29, 0.717) is 6.61 Å². The third kappa shape index (κ3) is 5.62. The smallest absolute Gasteiger partial charge is 0.169 e. The van der Waals surface area contributed by atoms with E-state index >= 15 is 0 Å². The van der Waals surface area contributed by atoms with Gasteiger partial charge in [-0.2, -0.15) is 0 Å². The largest absolute Gasteiger partial charge is 0.488 e. The number of benzene rings is 1. The molecule has 0 saturated carbocycles. The summed E-state index contributed by atoms with van der Waals surface area (Å²) in [5.74, 6) is 1.65. The molecule has 27 heavy (non-hydrogen) atoms. The van der Waals surface area contributed by atoms with Crippen LogP contribution < -0.4 is 4.74 Å². The Balaban J connectivity index is 1.55. The minimum absolute atomic E-state index is 0.236. The third-order valence-corrected chi connectivity index (χ3v) is 5.33. The molecule has 0 bridgehead atoms. The second-order valence-corrected chi connectivity index (χ2v) is 7.61. The lowest BCUT2D eigenvalue weighted by atomic mass is 10.1. The van der Waals surface area contributed by atoms with Crippen molar-refractivity contribution in [2.24, 2.45) is 0 Å². The summed E-state index contributed by atoms with van der Waals surface area (Å²) in [5.41, 5.74) is 2.41. The molecular formula is C22H26N2O2S. The molecule has 3 rings (SSSR count). The molecule has 3 aromatic rings. The van der Waals surface area contributed by atoms with Crippen molar-refractivity contribution >= 4 is 11.3 Å². The Hall–Kier alpha value is -2.24. The standard InChI is InChI=1S/C22H26N2O2S/c1-4-17-13-23-22(24-14-17)21-11-10-20(27-21)15-26-19-8-6-18(7-9-19)12-16(3)25-5-2/h6-11,13-14,16H,4-5,12,15H2,1-3H3. The first-order valence-corrected chi connectivity index (χ1v) is 10.2. The Morgan fingerprint density at radius 3 is 2.37 bits per heavy atom. The van der Waals surface area contributed by atoms with E-state index in [-0.39, 0.29) is 6.10 Å². The van der Waals surface area contributed by atoms with Crippen molar-refractivity contribution < 1.29 is 9.47 Å². The molecule has 0 radical (unpaired) electrons. The fraction of sp³-hybridized carbons (Fsp3) is 0.364. The van der Waals surface area contributed by atoms with Crippen LogP contribution in [0.5, 0.6) is 5.75 Å². The zero-order valence-corrected chi connectivity index (χ0v) is 17.0. The number of rotatable bonds is 9. The lowest BCUT2D eigenvalue weighted by Gasteiger charge is -2.12. The molecule has 1 unspecified atom stereocenters. The number of aromatic nitrogens is 2. The van der Waals surface area contributed by atoms with Crippen LogP contribution in [0.2, 0.25) is 0 Å². The zero-order valence-electron chi connectivity index (χ0n) is 16.1. The number of ether oxygens (including phenoxy) is 2. The highest BCUT2D eigenvalue weighted by molar-refractivity contribution is 7.15. The van der Waals surface area contributed by atoms with Gasteiger partial charge in [0.2, 0.25) is 0 Å². The van der Waals surface area contributed by atoms with E-state index < -0.39 is 0 Å². The number of hydrogen-bond acceptors (Lipinski definition) is 5. The van der Waals surface area contributed by atoms with Gasteiger partial charge in [-0.3, -0.25) is 0 Å². The van der Waals surface area contributed by atoms with E-state index in [2.05, 4.69) is 48.1 Å². The molecule has 5 heteroatoms. The summed E-state index contributed by atoms with van der Waals surface area (Å²) in [6, 6.07) is 12.4. The van der Waals surface area contributed by atoms with Gasteiger partial charge < -0.3 is 9.47 Å². The normalized spacial score (nSPS) is 12.1. The van der Waals surface area contributed by atoms with Gasteiger partial charge in [0.1, 0.15) is 12.4 Å². The van der Waals surface area contributed by atoms with E-state index in [1.54, 1.807) is 11.3 Å². The minimum atomic E-state index is 0.236. The van der Waals surface area contributed by atoms with Gasteiger partial charge in [-0.25, -0.2) is 9.97 Å². The molecule has 142 valence electrons. The van der Waals surface area contributed by atoms with Gasteiger partial charge in [0.05, 0.1) is 11.0 Å². The average Bonchev–Trinajstić information content (AvgIpc) is 3.17. The van der Waals surface area contributed by atoms with Crippen molar-refractivity contribution in [1.82, 2.24) is 9.97 Å². The first-order valence-electron chi connectivity index (χ1n) is 9.41. The second kappa shape index (κ2) is 9.62. The van der Waals surface area contributed by atoms with Gasteiger partial charge >= 0.3 is 0 Å². The van der Waals surface area contributed by atoms with E-state index in [9.17, 15) is 0 Å². The molecule has 1 aromatic carbocycles. The summed E-state index contributed by atoms with van der Waals surface area (Å²) in [6.07, 6.45) is 5.89. The van der Waals surface area contributed by atoms with E-state index in [0.717, 1.165) is 46.3 Å². The molecule has 1 atom stereocenters. The summed E-state index contributed by atoms with van der Waals surface area (Å²) < 4.78 is 11.5. The molecule has 0 fully saturated rings. The summed E-state index contributed by atoms with van der Waals surface area (Å²) >= 11 is 1.67. The Morgan fingerprint density at radius 1 is 0.963 bits per heavy atom. The molecular weight excluding hydrogens is 356 g/mol. The van der Waals surface area contributed by atoms with Gasteiger partial charge in [0.25, 0.3) is 0 Å². The Bertz CT molecular complexity index is 828. The topological polar surface area (TPSA) is 44.2 Å². The van der Waals surface area contributed by atoms with Gasteiger partial charge in [0.15, 0.2) is 5.82 Å². The van der Waals surface area contributed by atoms with E-state index in [4.69, 9.17) is 9.47 Å². The third-order valence-electron chi connectivity index (χ3n) is 4.27. The highest BCUT2D eigenvalue weighted by Gasteiger charge is 2.07. The van der Waals surface area contributed by atoms with Crippen LogP contribution in [0.15, 0.2) is 48.8 Å². The number of hydrogen-bond donors (Lipinski definition) is 0. The Labute approximate surface area is 165 Å². The number of aryl methyl sites for hydroxylation is 1. The molecule has 0 aliphatic heterocycles. The molecule has 0 aliphatic rings. The van der Waals surface area contributed by atoms with Crippen molar-refractivity contribution in [3.05, 3.63) is 64.8 Å². The van der Waals surface area contributed by atoms with E-state index in [1.165, 1.54) is 5.56 Å². The second-order valence-electron chi connectivity index (χ2n) is 6.44. The summed E-state index contributed by atoms with van der Waals surface area (Å²) in [5, 5.41) is 0. The molecule has 0 saturated heterocycles. The molecule has 0 amide bonds. The van der Waals surface area contributed by atoms with Gasteiger partial charge in [-0.05, 0) is 62.1 Å². The molecule has 0 aliphatic carbocycles. The van der Waals surface area contributed by atoms with Gasteiger partial charge in [-0.1, -0.05) is 19.1 Å². The SMILES string of the molecule is CCOC(C)Cc1ccc(OCc2ccc(-c3ncc(CC)cn3)s2)cc1. The quantitative estimate of drug-likeness (QED) is 0.503. The molecule has 2 heterocycles. The summed E-state index contributed by atoms with van der Waals surface area (Å²) in [6.45, 7) is 7.52. The first kappa shape index (κ1) is 19.5. The molecule has 2 aromatic heterocycles. The molecule has 0 spiro atoms. The van der Waals surface area contributed by atoms with Crippen LogP contribution in [-0.2, 0) is 24.2 Å². The first-order chi connectivity index (χ1) is 13.2. The Morgan fingerprint density at radius 2 is 1.70 bits per heavy atom. The van der Waals surface area contributed by atoms with Crippen molar-refractivity contribution in [3.63, 3.8) is 0 Å². The summed E-state index contributed by atoms with van der Waals surface area (Å²) in [7, 11) is 0. The van der Waals surface area contributed by atoms with Crippen LogP contribution in [0.1, 0.15) is 36.8 Å². The van der Waals surface area contributed by atoms with Crippen molar-refractivity contribution in [2.45, 2.75) is 46.3 Å². The highest BCUT2D eigenvalue weighted by atomic mass is 32.1. The summed E-state index contributed by atoms with van der Waals surface area (Å²) in [4.78, 5) is 11.1. The fourth-order valence-corrected chi connectivity index (χ4v) is 3.66. The van der Waals surface area contributed by atoms with Gasteiger partial charge in [-0.15, -0.1) is 11.3 Å². The molecule has 0 N–H and O–H groups in total. The maximum absolute atomic E-state index is 5.92. The van der Waals surface area contributed by atoms with Crippen molar-refractivity contribution in [2.75, 3.05) is 6.61 Å². The van der Waals surface area contributed by atoms with Gasteiger partial charge in [0, 0.05) is 23.9 Å². The predicted molar refractivity (Wildman–Crippen MR) is 110 cm³/mol. The number of thiophene rings is 1. The monoisotopic (exact) mass is 382 g/mol.